The molecule has 0 N–H and O–H groups in total. The third kappa shape index (κ3) is 3.65. The first-order valence-electron chi connectivity index (χ1n) is 2.94. The van der Waals surface area contributed by atoms with Crippen molar-refractivity contribution in [3.05, 3.63) is 16.7 Å². The molecule has 0 spiro atoms. The quantitative estimate of drug-likeness (QED) is 0.466. The normalized spacial score (nSPS) is 11.6. The predicted octanol–water partition coefficient (Wildman–Crippen LogP) is -1.91. The van der Waals surface area contributed by atoms with Gasteiger partial charge in [-0.2, -0.15) is 0 Å². The molecule has 1 aromatic rings. The van der Waals surface area contributed by atoms with Crippen molar-refractivity contribution in [1.82, 2.24) is 4.98 Å². The van der Waals surface area contributed by atoms with E-state index in [4.69, 9.17) is 4.74 Å². The number of rotatable bonds is 2. The Bertz CT molecular complexity index is 323. The monoisotopic (exact) mass is 273 g/mol. The van der Waals surface area contributed by atoms with Gasteiger partial charge in [0.25, 0.3) is 0 Å². The van der Waals surface area contributed by atoms with E-state index in [1.54, 1.807) is 0 Å². The molecule has 7 heteroatoms. The summed E-state index contributed by atoms with van der Waals surface area (Å²) in [5, 5.41) is 0. The maximum atomic E-state index is 10.6. The molecule has 1 heterocycles. The van der Waals surface area contributed by atoms with E-state index in [2.05, 4.69) is 20.9 Å². The van der Waals surface area contributed by atoms with E-state index < -0.39 is 11.1 Å². The number of halogens is 1. The average molecular weight is 274 g/mol. The van der Waals surface area contributed by atoms with Crippen molar-refractivity contribution in [3.8, 4) is 5.88 Å². The summed E-state index contributed by atoms with van der Waals surface area (Å²) in [6.07, 6.45) is 1.47. The molecule has 1 aromatic heterocycles. The zero-order chi connectivity index (χ0) is 9.14. The zero-order valence-corrected chi connectivity index (χ0v) is 11.5. The molecule has 1 atom stereocenters. The van der Waals surface area contributed by atoms with Gasteiger partial charge in [-0.3, -0.25) is 4.21 Å². The Morgan fingerprint density at radius 1 is 1.69 bits per heavy atom. The maximum Gasteiger partial charge on any atom is 1.00 e. The van der Waals surface area contributed by atoms with Crippen LogP contribution in [-0.2, 0) is 11.1 Å². The van der Waals surface area contributed by atoms with E-state index in [1.807, 2.05) is 0 Å². The first kappa shape index (κ1) is 13.5. The van der Waals surface area contributed by atoms with Crippen molar-refractivity contribution >= 4 is 27.0 Å². The van der Waals surface area contributed by atoms with Crippen LogP contribution in [0.15, 0.2) is 21.6 Å². The van der Waals surface area contributed by atoms with Crippen LogP contribution in [0.1, 0.15) is 0 Å². The molecule has 0 saturated carbocycles. The van der Waals surface area contributed by atoms with Crippen molar-refractivity contribution in [2.45, 2.75) is 4.90 Å². The molecule has 66 valence electrons. The van der Waals surface area contributed by atoms with Crippen LogP contribution in [0.4, 0.5) is 0 Å². The Morgan fingerprint density at radius 2 is 2.31 bits per heavy atom. The smallest absolute Gasteiger partial charge is 0.768 e. The van der Waals surface area contributed by atoms with E-state index in [0.717, 1.165) is 0 Å². The fraction of sp³-hybridized carbons (Fsp3) is 0.167. The Hall–Kier alpha value is 0.540. The van der Waals surface area contributed by atoms with Gasteiger partial charge in [0, 0.05) is 10.7 Å². The molecule has 0 saturated heterocycles. The largest absolute Gasteiger partial charge is 1.00 e. The van der Waals surface area contributed by atoms with Crippen molar-refractivity contribution in [1.29, 1.82) is 0 Å². The molecular weight excluding hydrogens is 269 g/mol. The van der Waals surface area contributed by atoms with E-state index in [1.165, 1.54) is 19.4 Å². The molecule has 0 aromatic carbocycles. The number of ether oxygens (including phenoxy) is 1. The molecule has 1 unspecified atom stereocenters. The number of aromatic nitrogens is 1. The number of hydrogen-bond acceptors (Lipinski definition) is 4. The number of nitrogens with zero attached hydrogens (tertiary/aromatic N) is 1. The van der Waals surface area contributed by atoms with Crippen LogP contribution in [-0.4, -0.2) is 20.9 Å². The SMILES string of the molecule is COc1ncc(Br)cc1S(=O)[O-].[Na+]. The molecule has 4 nitrogen and oxygen atoms in total. The summed E-state index contributed by atoms with van der Waals surface area (Å²) >= 11 is 0.784. The van der Waals surface area contributed by atoms with Crippen LogP contribution in [0.25, 0.3) is 0 Å². The van der Waals surface area contributed by atoms with Crippen LogP contribution >= 0.6 is 15.9 Å². The maximum absolute atomic E-state index is 10.6. The van der Waals surface area contributed by atoms with Gasteiger partial charge in [-0.15, -0.1) is 0 Å². The molecular formula is C6H5BrNNaO3S. The van der Waals surface area contributed by atoms with Crippen molar-refractivity contribution in [3.63, 3.8) is 0 Å². The summed E-state index contributed by atoms with van der Waals surface area (Å²) in [7, 11) is 1.37. The van der Waals surface area contributed by atoms with E-state index in [0.29, 0.717) is 4.47 Å². The van der Waals surface area contributed by atoms with Gasteiger partial charge >= 0.3 is 29.6 Å². The minimum atomic E-state index is -2.32. The molecule has 0 aliphatic carbocycles. The molecule has 13 heavy (non-hydrogen) atoms. The molecule has 0 fully saturated rings. The molecule has 1 rings (SSSR count). The number of methoxy groups -OCH3 is 1. The summed E-state index contributed by atoms with van der Waals surface area (Å²) in [6.45, 7) is 0. The molecule has 0 aliphatic heterocycles. The van der Waals surface area contributed by atoms with Gasteiger partial charge in [0.15, 0.2) is 0 Å². The Labute approximate surface area is 109 Å². The Balaban J connectivity index is 0.00000144. The first-order valence-corrected chi connectivity index (χ1v) is 4.80. The van der Waals surface area contributed by atoms with Crippen LogP contribution < -0.4 is 34.3 Å². The fourth-order valence-corrected chi connectivity index (χ4v) is 1.67. The summed E-state index contributed by atoms with van der Waals surface area (Å²) in [4.78, 5) is 3.80. The number of hydrogen-bond donors (Lipinski definition) is 0. The minimum absolute atomic E-state index is 0. The molecule has 0 amide bonds. The van der Waals surface area contributed by atoms with Gasteiger partial charge < -0.3 is 9.29 Å². The van der Waals surface area contributed by atoms with Gasteiger partial charge in [-0.05, 0) is 33.1 Å². The number of pyridine rings is 1. The summed E-state index contributed by atoms with van der Waals surface area (Å²) < 4.78 is 26.5. The molecule has 0 bridgehead atoms. The van der Waals surface area contributed by atoms with E-state index in [9.17, 15) is 8.76 Å². The van der Waals surface area contributed by atoms with Crippen LogP contribution in [0.2, 0.25) is 0 Å². The topological polar surface area (TPSA) is 62.2 Å². The van der Waals surface area contributed by atoms with Gasteiger partial charge in [0.1, 0.15) is 0 Å². The van der Waals surface area contributed by atoms with Crippen LogP contribution in [0, 0.1) is 0 Å². The fourth-order valence-electron chi connectivity index (χ4n) is 0.681. The predicted molar refractivity (Wildman–Crippen MR) is 45.7 cm³/mol. The van der Waals surface area contributed by atoms with Crippen molar-refractivity contribution in [2.75, 3.05) is 7.11 Å². The van der Waals surface area contributed by atoms with Crippen LogP contribution in [0.5, 0.6) is 5.88 Å². The van der Waals surface area contributed by atoms with Crippen molar-refractivity contribution in [2.24, 2.45) is 0 Å². The second-order valence-electron chi connectivity index (χ2n) is 1.90. The molecule has 0 radical (unpaired) electrons. The summed E-state index contributed by atoms with van der Waals surface area (Å²) in [5.74, 6) is 0.103. The van der Waals surface area contributed by atoms with Gasteiger partial charge in [-0.25, -0.2) is 4.98 Å². The summed E-state index contributed by atoms with van der Waals surface area (Å²) in [5.41, 5.74) is 0. The second-order valence-corrected chi connectivity index (χ2v) is 3.72. The third-order valence-electron chi connectivity index (χ3n) is 1.16. The van der Waals surface area contributed by atoms with E-state index in [-0.39, 0.29) is 40.3 Å². The third-order valence-corrected chi connectivity index (χ3v) is 2.24. The van der Waals surface area contributed by atoms with Gasteiger partial charge in [-0.1, -0.05) is 0 Å². The van der Waals surface area contributed by atoms with Crippen LogP contribution in [0.3, 0.4) is 0 Å². The van der Waals surface area contributed by atoms with Gasteiger partial charge in [0.2, 0.25) is 5.88 Å². The summed E-state index contributed by atoms with van der Waals surface area (Å²) in [6, 6.07) is 1.43. The van der Waals surface area contributed by atoms with Gasteiger partial charge in [0.05, 0.1) is 12.0 Å². The standard InChI is InChI=1S/C6H6BrNO3S.Na/c1-11-6-5(12(9)10)2-4(7)3-8-6;/h2-3H,1H3,(H,9,10);/q;+1/p-1. The second kappa shape index (κ2) is 6.10. The van der Waals surface area contributed by atoms with E-state index >= 15 is 0 Å². The Kier molecular flexibility index (Phi) is 6.36. The Morgan fingerprint density at radius 3 is 2.77 bits per heavy atom. The minimum Gasteiger partial charge on any atom is -0.768 e. The first-order chi connectivity index (χ1) is 5.65. The van der Waals surface area contributed by atoms with Crippen molar-refractivity contribution < 1.29 is 43.1 Å². The zero-order valence-electron chi connectivity index (χ0n) is 7.11. The molecule has 0 aliphatic rings. The average Bonchev–Trinajstić information content (AvgIpc) is 2.04.